The van der Waals surface area contributed by atoms with Crippen molar-refractivity contribution in [3.8, 4) is 0 Å². The summed E-state index contributed by atoms with van der Waals surface area (Å²) in [7, 11) is 0. The maximum Gasteiger partial charge on any atom is 0.251 e. The molecule has 0 aliphatic carbocycles. The fourth-order valence-corrected chi connectivity index (χ4v) is 4.85. The maximum absolute atomic E-state index is 12.5. The number of hydrogen-bond acceptors (Lipinski definition) is 3. The molecule has 3 nitrogen and oxygen atoms in total. The van der Waals surface area contributed by atoms with Gasteiger partial charge in [-0.05, 0) is 61.7 Å². The Hall–Kier alpha value is -1.49. The van der Waals surface area contributed by atoms with Crippen LogP contribution in [0.5, 0.6) is 0 Å². The number of hydrogen-bond donors (Lipinski definition) is 1. The summed E-state index contributed by atoms with van der Waals surface area (Å²) >= 11 is 7.81. The van der Waals surface area contributed by atoms with Crippen molar-refractivity contribution >= 4 is 29.3 Å². The summed E-state index contributed by atoms with van der Waals surface area (Å²) in [4.78, 5) is 17.1. The monoisotopic (exact) mass is 372 g/mol. The molecule has 1 N–H and O–H groups in total. The Kier molecular flexibility index (Phi) is 5.02. The van der Waals surface area contributed by atoms with Gasteiger partial charge in [0.1, 0.15) is 0 Å². The van der Waals surface area contributed by atoms with E-state index in [2.05, 4.69) is 10.2 Å². The molecule has 2 heterocycles. The Morgan fingerprint density at radius 1 is 1.12 bits per heavy atom. The fourth-order valence-electron chi connectivity index (χ4n) is 3.76. The Morgan fingerprint density at radius 2 is 1.92 bits per heavy atom. The van der Waals surface area contributed by atoms with E-state index in [1.807, 2.05) is 48.5 Å². The van der Waals surface area contributed by atoms with E-state index in [-0.39, 0.29) is 11.9 Å². The number of rotatable bonds is 4. The molecule has 1 amide bonds. The van der Waals surface area contributed by atoms with Crippen molar-refractivity contribution in [1.82, 2.24) is 10.2 Å². The van der Waals surface area contributed by atoms with E-state index in [0.717, 1.165) is 39.3 Å². The minimum Gasteiger partial charge on any atom is -0.348 e. The van der Waals surface area contributed by atoms with Crippen molar-refractivity contribution in [3.63, 3.8) is 0 Å². The largest absolute Gasteiger partial charge is 0.348 e. The van der Waals surface area contributed by atoms with E-state index in [1.54, 1.807) is 11.8 Å². The van der Waals surface area contributed by atoms with Crippen LogP contribution in [0.1, 0.15) is 23.2 Å². The SMILES string of the molecule is O=C(N[C@@H]1C[C@H]2CCN(C2)C1)c1ccc(Sc2ccccc2Cl)cc1. The maximum atomic E-state index is 12.5. The van der Waals surface area contributed by atoms with E-state index < -0.39 is 0 Å². The van der Waals surface area contributed by atoms with E-state index in [4.69, 9.17) is 11.6 Å². The fraction of sp³-hybridized carbons (Fsp3) is 0.350. The van der Waals surface area contributed by atoms with Crippen molar-refractivity contribution in [3.05, 3.63) is 59.1 Å². The smallest absolute Gasteiger partial charge is 0.251 e. The Balaban J connectivity index is 1.38. The molecule has 2 aromatic rings. The molecule has 2 aliphatic heterocycles. The van der Waals surface area contributed by atoms with Gasteiger partial charge >= 0.3 is 0 Å². The molecule has 0 spiro atoms. The van der Waals surface area contributed by atoms with Gasteiger partial charge in [-0.1, -0.05) is 35.5 Å². The van der Waals surface area contributed by atoms with Crippen LogP contribution < -0.4 is 5.32 Å². The summed E-state index contributed by atoms with van der Waals surface area (Å²) < 4.78 is 0. The molecule has 1 unspecified atom stereocenters. The van der Waals surface area contributed by atoms with Gasteiger partial charge in [-0.15, -0.1) is 0 Å². The van der Waals surface area contributed by atoms with Gasteiger partial charge in [0.2, 0.25) is 0 Å². The summed E-state index contributed by atoms with van der Waals surface area (Å²) in [5.74, 6) is 0.787. The second-order valence-corrected chi connectivity index (χ2v) is 8.40. The second-order valence-electron chi connectivity index (χ2n) is 6.88. The van der Waals surface area contributed by atoms with E-state index in [1.165, 1.54) is 19.5 Å². The topological polar surface area (TPSA) is 32.3 Å². The third kappa shape index (κ3) is 4.02. The molecule has 2 saturated heterocycles. The predicted molar refractivity (Wildman–Crippen MR) is 102 cm³/mol. The van der Waals surface area contributed by atoms with Gasteiger partial charge in [0.25, 0.3) is 5.91 Å². The molecule has 25 heavy (non-hydrogen) atoms. The first-order valence-electron chi connectivity index (χ1n) is 8.73. The summed E-state index contributed by atoms with van der Waals surface area (Å²) in [6, 6.07) is 15.8. The summed E-state index contributed by atoms with van der Waals surface area (Å²) in [6.07, 6.45) is 2.39. The van der Waals surface area contributed by atoms with E-state index in [0.29, 0.717) is 0 Å². The van der Waals surface area contributed by atoms with Gasteiger partial charge in [-0.2, -0.15) is 0 Å². The van der Waals surface area contributed by atoms with Crippen LogP contribution in [-0.2, 0) is 0 Å². The van der Waals surface area contributed by atoms with Crippen molar-refractivity contribution in [2.24, 2.45) is 5.92 Å². The van der Waals surface area contributed by atoms with Crippen LogP contribution in [0.25, 0.3) is 0 Å². The Bertz CT molecular complexity index is 753. The predicted octanol–water partition coefficient (Wildman–Crippen LogP) is 4.32. The normalized spacial score (nSPS) is 24.9. The van der Waals surface area contributed by atoms with Crippen LogP contribution in [0.4, 0.5) is 0 Å². The molecule has 2 aliphatic rings. The minimum absolute atomic E-state index is 0.0294. The highest BCUT2D eigenvalue weighted by atomic mass is 35.5. The highest BCUT2D eigenvalue weighted by molar-refractivity contribution is 7.99. The Labute approximate surface area is 157 Å². The summed E-state index contributed by atoms with van der Waals surface area (Å²) in [6.45, 7) is 3.38. The highest BCUT2D eigenvalue weighted by Gasteiger charge is 2.32. The number of nitrogens with one attached hydrogen (secondary N) is 1. The van der Waals surface area contributed by atoms with Gasteiger partial charge in [-0.3, -0.25) is 4.79 Å². The average molecular weight is 373 g/mol. The van der Waals surface area contributed by atoms with Gasteiger partial charge in [0.05, 0.1) is 5.02 Å². The Morgan fingerprint density at radius 3 is 2.68 bits per heavy atom. The molecule has 0 aromatic heterocycles. The zero-order valence-electron chi connectivity index (χ0n) is 14.0. The first-order chi connectivity index (χ1) is 12.2. The van der Waals surface area contributed by atoms with Crippen molar-refractivity contribution in [2.45, 2.75) is 28.7 Å². The molecule has 2 fully saturated rings. The number of nitrogens with zero attached hydrogens (tertiary/aromatic N) is 1. The van der Waals surface area contributed by atoms with Crippen LogP contribution in [0, 0.1) is 5.92 Å². The standard InChI is InChI=1S/C20H21ClN2OS/c21-18-3-1-2-4-19(18)25-17-7-5-15(6-8-17)20(24)22-16-11-14-9-10-23(12-14)13-16/h1-8,14,16H,9-13H2,(H,22,24)/t14-,16-/m1/s1. The van der Waals surface area contributed by atoms with Crippen molar-refractivity contribution in [2.75, 3.05) is 19.6 Å². The summed E-state index contributed by atoms with van der Waals surface area (Å²) in [5.41, 5.74) is 0.719. The third-order valence-corrected chi connectivity index (χ3v) is 6.51. The first kappa shape index (κ1) is 17.0. The molecular formula is C20H21ClN2OS. The lowest BCUT2D eigenvalue weighted by Gasteiger charge is -2.30. The van der Waals surface area contributed by atoms with Crippen molar-refractivity contribution in [1.29, 1.82) is 0 Å². The molecule has 2 aromatic carbocycles. The van der Waals surface area contributed by atoms with Crippen molar-refractivity contribution < 1.29 is 4.79 Å². The summed E-state index contributed by atoms with van der Waals surface area (Å²) in [5, 5.41) is 3.95. The van der Waals surface area contributed by atoms with Gasteiger partial charge in [-0.25, -0.2) is 0 Å². The number of amides is 1. The number of carbonyl (C=O) groups excluding carboxylic acids is 1. The van der Waals surface area contributed by atoms with Crippen LogP contribution in [0.2, 0.25) is 5.02 Å². The molecule has 0 saturated carbocycles. The van der Waals surface area contributed by atoms with E-state index >= 15 is 0 Å². The lowest BCUT2D eigenvalue weighted by molar-refractivity contribution is 0.0909. The number of fused-ring (bicyclic) bond motifs is 2. The number of carbonyl (C=O) groups is 1. The van der Waals surface area contributed by atoms with Crippen LogP contribution in [-0.4, -0.2) is 36.5 Å². The number of piperidine rings is 1. The minimum atomic E-state index is 0.0294. The zero-order chi connectivity index (χ0) is 17.2. The molecule has 5 heteroatoms. The van der Waals surface area contributed by atoms with Gasteiger partial charge in [0, 0.05) is 34.5 Å². The molecule has 0 radical (unpaired) electrons. The molecule has 3 atom stereocenters. The first-order valence-corrected chi connectivity index (χ1v) is 9.92. The number of halogens is 1. The molecule has 2 bridgehead atoms. The second kappa shape index (κ2) is 7.40. The molecular weight excluding hydrogens is 352 g/mol. The van der Waals surface area contributed by atoms with Crippen LogP contribution >= 0.6 is 23.4 Å². The zero-order valence-corrected chi connectivity index (χ0v) is 15.5. The van der Waals surface area contributed by atoms with Gasteiger partial charge in [0.15, 0.2) is 0 Å². The van der Waals surface area contributed by atoms with E-state index in [9.17, 15) is 4.79 Å². The third-order valence-electron chi connectivity index (χ3n) is 4.98. The lowest BCUT2D eigenvalue weighted by Crippen LogP contribution is -2.47. The quantitative estimate of drug-likeness (QED) is 0.867. The number of benzene rings is 2. The highest BCUT2D eigenvalue weighted by Crippen LogP contribution is 2.33. The van der Waals surface area contributed by atoms with Crippen LogP contribution in [0.3, 0.4) is 0 Å². The molecule has 130 valence electrons. The average Bonchev–Trinajstić information content (AvgIpc) is 2.96. The van der Waals surface area contributed by atoms with Crippen LogP contribution in [0.15, 0.2) is 58.3 Å². The lowest BCUT2D eigenvalue weighted by atomic mass is 9.96. The molecule has 4 rings (SSSR count). The van der Waals surface area contributed by atoms with Gasteiger partial charge < -0.3 is 10.2 Å².